The number of hydrogen-bond donors (Lipinski definition) is 2. The molecule has 8 heteroatoms. The number of alkyl halides is 3. The van der Waals surface area contributed by atoms with Gasteiger partial charge in [0.1, 0.15) is 0 Å². The molecule has 1 saturated carbocycles. The van der Waals surface area contributed by atoms with Gasteiger partial charge in [-0.15, -0.1) is 11.3 Å². The number of thiophene rings is 1. The van der Waals surface area contributed by atoms with E-state index < -0.39 is 11.7 Å². The molecule has 2 aromatic carbocycles. The fourth-order valence-electron chi connectivity index (χ4n) is 3.02. The maximum absolute atomic E-state index is 12.7. The van der Waals surface area contributed by atoms with E-state index >= 15 is 0 Å². The first-order valence-corrected chi connectivity index (χ1v) is 10.5. The molecule has 0 radical (unpaired) electrons. The van der Waals surface area contributed by atoms with Crippen LogP contribution in [0.15, 0.2) is 54.6 Å². The minimum absolute atomic E-state index is 0.168. The average molecular weight is 444 g/mol. The third-order valence-corrected chi connectivity index (χ3v) is 6.12. The Kier molecular flexibility index (Phi) is 5.58. The Morgan fingerprint density at radius 1 is 0.968 bits per heavy atom. The fourth-order valence-corrected chi connectivity index (χ4v) is 3.92. The lowest BCUT2D eigenvalue weighted by Crippen LogP contribution is -2.25. The van der Waals surface area contributed by atoms with Gasteiger partial charge in [0, 0.05) is 22.2 Å². The predicted molar refractivity (Wildman–Crippen MR) is 114 cm³/mol. The molecule has 0 spiro atoms. The van der Waals surface area contributed by atoms with E-state index in [1.165, 1.54) is 23.5 Å². The molecular formula is C23H19F3N2O2S. The number of amides is 2. The van der Waals surface area contributed by atoms with Crippen LogP contribution in [0.4, 0.5) is 18.9 Å². The topological polar surface area (TPSA) is 58.2 Å². The van der Waals surface area contributed by atoms with Gasteiger partial charge < -0.3 is 10.6 Å². The summed E-state index contributed by atoms with van der Waals surface area (Å²) < 4.78 is 38.2. The van der Waals surface area contributed by atoms with E-state index in [9.17, 15) is 22.8 Å². The SMILES string of the molecule is Cc1ccc(C(=O)NC2CC2)cc1NC(=O)c1ccc(-c2ccc(C(F)(F)F)cc2)s1. The van der Waals surface area contributed by atoms with Crippen molar-refractivity contribution in [3.63, 3.8) is 0 Å². The molecule has 0 bridgehead atoms. The molecule has 0 saturated heterocycles. The van der Waals surface area contributed by atoms with Crippen LogP contribution < -0.4 is 10.6 Å². The number of aryl methyl sites for hydroxylation is 1. The van der Waals surface area contributed by atoms with Gasteiger partial charge >= 0.3 is 6.18 Å². The Morgan fingerprint density at radius 2 is 1.68 bits per heavy atom. The van der Waals surface area contributed by atoms with E-state index in [4.69, 9.17) is 0 Å². The summed E-state index contributed by atoms with van der Waals surface area (Å²) in [6.45, 7) is 1.83. The Balaban J connectivity index is 1.48. The van der Waals surface area contributed by atoms with E-state index in [0.29, 0.717) is 26.6 Å². The van der Waals surface area contributed by atoms with Crippen LogP contribution in [0.2, 0.25) is 0 Å². The van der Waals surface area contributed by atoms with Crippen LogP contribution in [0.1, 0.15) is 44.0 Å². The van der Waals surface area contributed by atoms with Crippen molar-refractivity contribution in [2.75, 3.05) is 5.32 Å². The summed E-state index contributed by atoms with van der Waals surface area (Å²) in [4.78, 5) is 26.1. The maximum atomic E-state index is 12.7. The molecule has 1 heterocycles. The van der Waals surface area contributed by atoms with Crippen LogP contribution in [-0.4, -0.2) is 17.9 Å². The number of benzene rings is 2. The first-order chi connectivity index (χ1) is 14.7. The highest BCUT2D eigenvalue weighted by Gasteiger charge is 2.30. The summed E-state index contributed by atoms with van der Waals surface area (Å²) in [6, 6.07) is 13.5. The first-order valence-electron chi connectivity index (χ1n) is 9.71. The molecule has 0 atom stereocenters. The van der Waals surface area contributed by atoms with Gasteiger partial charge in [-0.2, -0.15) is 13.2 Å². The van der Waals surface area contributed by atoms with Crippen molar-refractivity contribution in [1.82, 2.24) is 5.32 Å². The Labute approximate surface area is 181 Å². The van der Waals surface area contributed by atoms with Gasteiger partial charge in [-0.1, -0.05) is 18.2 Å². The zero-order chi connectivity index (χ0) is 22.2. The minimum Gasteiger partial charge on any atom is -0.349 e. The molecule has 1 aliphatic rings. The van der Waals surface area contributed by atoms with Crippen molar-refractivity contribution in [2.45, 2.75) is 32.0 Å². The second-order valence-corrected chi connectivity index (χ2v) is 8.55. The molecule has 1 fully saturated rings. The molecule has 3 aromatic rings. The molecule has 2 N–H and O–H groups in total. The lowest BCUT2D eigenvalue weighted by Gasteiger charge is -2.10. The molecule has 4 nitrogen and oxygen atoms in total. The highest BCUT2D eigenvalue weighted by Crippen LogP contribution is 2.33. The molecule has 160 valence electrons. The van der Waals surface area contributed by atoms with Crippen LogP contribution >= 0.6 is 11.3 Å². The molecule has 1 aliphatic carbocycles. The zero-order valence-corrected chi connectivity index (χ0v) is 17.4. The highest BCUT2D eigenvalue weighted by atomic mass is 32.1. The van der Waals surface area contributed by atoms with Crippen molar-refractivity contribution in [2.24, 2.45) is 0 Å². The maximum Gasteiger partial charge on any atom is 0.416 e. The van der Waals surface area contributed by atoms with Crippen molar-refractivity contribution < 1.29 is 22.8 Å². The number of rotatable bonds is 5. The Bertz CT molecular complexity index is 1130. The summed E-state index contributed by atoms with van der Waals surface area (Å²) in [5.74, 6) is -0.510. The summed E-state index contributed by atoms with van der Waals surface area (Å²) in [5, 5.41) is 5.74. The van der Waals surface area contributed by atoms with E-state index in [-0.39, 0.29) is 17.9 Å². The number of carbonyl (C=O) groups excluding carboxylic acids is 2. The van der Waals surface area contributed by atoms with Gasteiger partial charge in [0.25, 0.3) is 11.8 Å². The molecule has 0 aliphatic heterocycles. The van der Waals surface area contributed by atoms with E-state index in [2.05, 4.69) is 10.6 Å². The van der Waals surface area contributed by atoms with Crippen LogP contribution in [-0.2, 0) is 6.18 Å². The minimum atomic E-state index is -4.39. The number of nitrogens with one attached hydrogen (secondary N) is 2. The summed E-state index contributed by atoms with van der Waals surface area (Å²) in [6.07, 6.45) is -2.41. The summed E-state index contributed by atoms with van der Waals surface area (Å²) in [7, 11) is 0. The summed E-state index contributed by atoms with van der Waals surface area (Å²) >= 11 is 1.19. The molecule has 4 rings (SSSR count). The molecule has 1 aromatic heterocycles. The number of carbonyl (C=O) groups is 2. The average Bonchev–Trinajstić information content (AvgIpc) is 3.40. The van der Waals surface area contributed by atoms with Crippen LogP contribution in [0.25, 0.3) is 10.4 Å². The predicted octanol–water partition coefficient (Wildman–Crippen LogP) is 5.89. The van der Waals surface area contributed by atoms with Crippen LogP contribution in [0.3, 0.4) is 0 Å². The van der Waals surface area contributed by atoms with Crippen molar-refractivity contribution in [1.29, 1.82) is 0 Å². The largest absolute Gasteiger partial charge is 0.416 e. The number of hydrogen-bond acceptors (Lipinski definition) is 3. The molecule has 2 amide bonds. The van der Waals surface area contributed by atoms with Gasteiger partial charge in [0.05, 0.1) is 10.4 Å². The molecular weight excluding hydrogens is 425 g/mol. The second kappa shape index (κ2) is 8.19. The summed E-state index contributed by atoms with van der Waals surface area (Å²) in [5.41, 5.74) is 1.72. The van der Waals surface area contributed by atoms with Gasteiger partial charge in [0.2, 0.25) is 0 Å². The number of halogens is 3. The highest BCUT2D eigenvalue weighted by molar-refractivity contribution is 7.17. The van der Waals surface area contributed by atoms with E-state index in [1.54, 1.807) is 30.3 Å². The Morgan fingerprint density at radius 3 is 2.32 bits per heavy atom. The van der Waals surface area contributed by atoms with E-state index in [0.717, 1.165) is 30.5 Å². The lowest BCUT2D eigenvalue weighted by atomic mass is 10.1. The van der Waals surface area contributed by atoms with Gasteiger partial charge in [-0.05, 0) is 67.3 Å². The second-order valence-electron chi connectivity index (χ2n) is 7.47. The monoisotopic (exact) mass is 444 g/mol. The quantitative estimate of drug-likeness (QED) is 0.516. The third-order valence-electron chi connectivity index (χ3n) is 4.99. The standard InChI is InChI=1S/C23H19F3N2O2S/c1-13-2-3-15(21(29)27-17-8-9-17)12-18(13)28-22(30)20-11-10-19(31-20)14-4-6-16(7-5-14)23(24,25)26/h2-7,10-12,17H,8-9H2,1H3,(H,27,29)(H,28,30). The van der Waals surface area contributed by atoms with Crippen molar-refractivity contribution in [3.8, 4) is 10.4 Å². The number of anilines is 1. The normalized spacial score (nSPS) is 13.7. The van der Waals surface area contributed by atoms with Crippen molar-refractivity contribution in [3.05, 3.63) is 76.2 Å². The fraction of sp³-hybridized carbons (Fsp3) is 0.217. The Hall–Kier alpha value is -3.13. The lowest BCUT2D eigenvalue weighted by molar-refractivity contribution is -0.137. The smallest absolute Gasteiger partial charge is 0.349 e. The van der Waals surface area contributed by atoms with Crippen LogP contribution in [0.5, 0.6) is 0 Å². The van der Waals surface area contributed by atoms with E-state index in [1.807, 2.05) is 6.92 Å². The van der Waals surface area contributed by atoms with Crippen molar-refractivity contribution >= 4 is 28.8 Å². The van der Waals surface area contributed by atoms with Gasteiger partial charge in [0.15, 0.2) is 0 Å². The molecule has 31 heavy (non-hydrogen) atoms. The van der Waals surface area contributed by atoms with Gasteiger partial charge in [-0.25, -0.2) is 0 Å². The zero-order valence-electron chi connectivity index (χ0n) is 16.5. The third kappa shape index (κ3) is 4.96. The molecule has 0 unspecified atom stereocenters. The van der Waals surface area contributed by atoms with Crippen LogP contribution in [0, 0.1) is 6.92 Å². The first kappa shape index (κ1) is 21.1. The van der Waals surface area contributed by atoms with Gasteiger partial charge in [-0.3, -0.25) is 9.59 Å².